The zero-order valence-corrected chi connectivity index (χ0v) is 20.8. The van der Waals surface area contributed by atoms with Crippen molar-refractivity contribution in [3.63, 3.8) is 0 Å². The summed E-state index contributed by atoms with van der Waals surface area (Å²) < 4.78 is 6.67. The van der Waals surface area contributed by atoms with Crippen LogP contribution in [-0.4, -0.2) is 32.1 Å². The first-order valence-corrected chi connectivity index (χ1v) is 13.2. The summed E-state index contributed by atoms with van der Waals surface area (Å²) in [5, 5.41) is 0. The number of ether oxygens (including phenoxy) is 1. The Balaban J connectivity index is 1.52. The summed E-state index contributed by atoms with van der Waals surface area (Å²) in [7, 11) is 4.22. The van der Waals surface area contributed by atoms with Crippen molar-refractivity contribution in [3.8, 4) is 0 Å². The average Bonchev–Trinajstić information content (AvgIpc) is 3.39. The molecule has 6 atom stereocenters. The number of anilines is 1. The quantitative estimate of drug-likeness (QED) is 0.524. The van der Waals surface area contributed by atoms with Gasteiger partial charge in [0.2, 0.25) is 0 Å². The maximum Gasteiger partial charge on any atom is 0.156 e. The van der Waals surface area contributed by atoms with Crippen LogP contribution in [0.15, 0.2) is 47.1 Å². The van der Waals surface area contributed by atoms with E-state index in [1.54, 1.807) is 11.1 Å². The van der Waals surface area contributed by atoms with E-state index in [0.29, 0.717) is 35.9 Å². The number of fused-ring (bicyclic) bond motifs is 5. The summed E-state index contributed by atoms with van der Waals surface area (Å²) in [6.07, 6.45) is 10.9. The Morgan fingerprint density at radius 3 is 2.58 bits per heavy atom. The molecule has 0 amide bonds. The highest BCUT2D eigenvalue weighted by atomic mass is 16.5. The topological polar surface area (TPSA) is 29.5 Å². The first-order chi connectivity index (χ1) is 15.8. The second-order valence-corrected chi connectivity index (χ2v) is 12.0. The van der Waals surface area contributed by atoms with Gasteiger partial charge in [0, 0.05) is 44.1 Å². The van der Waals surface area contributed by atoms with E-state index in [1.165, 1.54) is 48.9 Å². The largest absolute Gasteiger partial charge is 0.378 e. The van der Waals surface area contributed by atoms with Crippen LogP contribution >= 0.6 is 0 Å². The number of carbonyl (C=O) groups excluding carboxylic acids is 1. The van der Waals surface area contributed by atoms with Gasteiger partial charge in [0.05, 0.1) is 5.60 Å². The summed E-state index contributed by atoms with van der Waals surface area (Å²) in [6, 6.07) is 9.33. The van der Waals surface area contributed by atoms with Gasteiger partial charge in [-0.3, -0.25) is 4.79 Å². The van der Waals surface area contributed by atoms with Gasteiger partial charge in [-0.2, -0.15) is 0 Å². The minimum atomic E-state index is 0.0774. The van der Waals surface area contributed by atoms with E-state index < -0.39 is 0 Å². The molecule has 1 aromatic rings. The summed E-state index contributed by atoms with van der Waals surface area (Å²) in [5.74, 6) is 2.66. The van der Waals surface area contributed by atoms with Crippen molar-refractivity contribution < 1.29 is 9.53 Å². The summed E-state index contributed by atoms with van der Waals surface area (Å²) in [4.78, 5) is 14.5. The van der Waals surface area contributed by atoms with Gasteiger partial charge in [-0.05, 0) is 97.6 Å². The van der Waals surface area contributed by atoms with E-state index in [-0.39, 0.29) is 11.0 Å². The Morgan fingerprint density at radius 2 is 1.88 bits per heavy atom. The number of carbonyl (C=O) groups is 1. The van der Waals surface area contributed by atoms with Crippen molar-refractivity contribution in [2.24, 2.45) is 23.2 Å². The lowest BCUT2D eigenvalue weighted by molar-refractivity contribution is -0.115. The predicted octanol–water partition coefficient (Wildman–Crippen LogP) is 6.45. The Bertz CT molecular complexity index is 1030. The van der Waals surface area contributed by atoms with Crippen LogP contribution < -0.4 is 4.90 Å². The number of benzene rings is 1. The second kappa shape index (κ2) is 7.57. The third kappa shape index (κ3) is 3.07. The molecule has 1 aromatic carbocycles. The molecule has 1 heterocycles. The number of allylic oxidation sites excluding steroid dienone is 4. The number of ketones is 1. The molecule has 3 heteroatoms. The van der Waals surface area contributed by atoms with Crippen LogP contribution in [0.5, 0.6) is 0 Å². The van der Waals surface area contributed by atoms with Crippen LogP contribution in [0.1, 0.15) is 76.7 Å². The lowest BCUT2D eigenvalue weighted by atomic mass is 9.49. The van der Waals surface area contributed by atoms with E-state index in [2.05, 4.69) is 57.1 Å². The van der Waals surface area contributed by atoms with E-state index in [0.717, 1.165) is 19.4 Å². The summed E-state index contributed by atoms with van der Waals surface area (Å²) in [5.41, 5.74) is 7.62. The third-order valence-corrected chi connectivity index (χ3v) is 10.3. The molecule has 5 aliphatic rings. The Labute approximate surface area is 199 Å². The molecule has 4 unspecified atom stereocenters. The lowest BCUT2D eigenvalue weighted by Gasteiger charge is -2.56. The Hall–Kier alpha value is -1.87. The van der Waals surface area contributed by atoms with Gasteiger partial charge in [-0.1, -0.05) is 31.6 Å². The summed E-state index contributed by atoms with van der Waals surface area (Å²) in [6.45, 7) is 5.98. The second-order valence-electron chi connectivity index (χ2n) is 12.0. The molecule has 1 spiro atoms. The van der Waals surface area contributed by atoms with E-state index >= 15 is 0 Å². The number of hydrogen-bond acceptors (Lipinski definition) is 3. The molecule has 0 radical (unpaired) electrons. The van der Waals surface area contributed by atoms with E-state index in [1.807, 2.05) is 6.08 Å². The number of hydrogen-bond donors (Lipinski definition) is 0. The molecule has 6 rings (SSSR count). The van der Waals surface area contributed by atoms with Crippen molar-refractivity contribution in [2.45, 2.75) is 76.7 Å². The first kappa shape index (κ1) is 21.6. The molecule has 176 valence electrons. The van der Waals surface area contributed by atoms with Crippen LogP contribution in [0.25, 0.3) is 0 Å². The third-order valence-electron chi connectivity index (χ3n) is 10.3. The smallest absolute Gasteiger partial charge is 0.156 e. The molecule has 4 aliphatic carbocycles. The van der Waals surface area contributed by atoms with Gasteiger partial charge >= 0.3 is 0 Å². The molecule has 33 heavy (non-hydrogen) atoms. The fraction of sp³-hybridized carbons (Fsp3) is 0.633. The maximum absolute atomic E-state index is 12.3. The maximum atomic E-state index is 12.3. The van der Waals surface area contributed by atoms with Crippen LogP contribution in [0.4, 0.5) is 5.69 Å². The highest BCUT2D eigenvalue weighted by molar-refractivity contribution is 5.93. The van der Waals surface area contributed by atoms with Crippen molar-refractivity contribution in [2.75, 3.05) is 25.6 Å². The number of rotatable bonds is 2. The molecular formula is C30H39NO2. The normalized spacial score (nSPS) is 39.9. The van der Waals surface area contributed by atoms with Gasteiger partial charge in [-0.25, -0.2) is 0 Å². The molecule has 2 saturated carbocycles. The zero-order chi connectivity index (χ0) is 23.0. The monoisotopic (exact) mass is 445 g/mol. The van der Waals surface area contributed by atoms with Crippen molar-refractivity contribution in [1.82, 2.24) is 0 Å². The van der Waals surface area contributed by atoms with Crippen LogP contribution in [0.2, 0.25) is 0 Å². The Morgan fingerprint density at radius 1 is 1.09 bits per heavy atom. The van der Waals surface area contributed by atoms with Crippen molar-refractivity contribution in [3.05, 3.63) is 52.6 Å². The minimum absolute atomic E-state index is 0.0774. The molecule has 0 bridgehead atoms. The van der Waals surface area contributed by atoms with Crippen LogP contribution in [0, 0.1) is 23.2 Å². The molecule has 1 saturated heterocycles. The molecular weight excluding hydrogens is 406 g/mol. The van der Waals surface area contributed by atoms with Crippen molar-refractivity contribution in [1.29, 1.82) is 0 Å². The summed E-state index contributed by atoms with van der Waals surface area (Å²) >= 11 is 0. The molecule has 3 fully saturated rings. The highest BCUT2D eigenvalue weighted by Gasteiger charge is 2.65. The fourth-order valence-corrected chi connectivity index (χ4v) is 8.74. The first-order valence-electron chi connectivity index (χ1n) is 13.2. The van der Waals surface area contributed by atoms with Gasteiger partial charge in [0.15, 0.2) is 5.78 Å². The van der Waals surface area contributed by atoms with E-state index in [9.17, 15) is 4.79 Å². The SMILES string of the molecule is C[C@H]1CC2=CC(=O)CCC2=C2C(c3ccc(N(C)C)cc3)C[C@@]3(C)C(CCC34CCCO4)C21. The van der Waals surface area contributed by atoms with Gasteiger partial charge < -0.3 is 9.64 Å². The minimum Gasteiger partial charge on any atom is -0.378 e. The molecule has 1 aliphatic heterocycles. The predicted molar refractivity (Wildman–Crippen MR) is 133 cm³/mol. The standard InChI is InChI=1S/C30H39NO2/c1-19-16-21-17-23(32)10-11-24(21)28-25(20-6-8-22(9-7-20)31(3)4)18-29(2)26(27(19)28)12-14-30(29)13-5-15-33-30/h6-9,17,19,25-27H,5,10-16,18H2,1-4H3/t19-,25?,26?,27?,29-,30?/m0/s1. The Kier molecular flexibility index (Phi) is 4.96. The zero-order valence-electron chi connectivity index (χ0n) is 20.8. The van der Waals surface area contributed by atoms with Gasteiger partial charge in [0.25, 0.3) is 0 Å². The van der Waals surface area contributed by atoms with E-state index in [4.69, 9.17) is 4.74 Å². The van der Waals surface area contributed by atoms with Gasteiger partial charge in [-0.15, -0.1) is 0 Å². The number of nitrogens with zero attached hydrogens (tertiary/aromatic N) is 1. The average molecular weight is 446 g/mol. The van der Waals surface area contributed by atoms with Gasteiger partial charge in [0.1, 0.15) is 0 Å². The van der Waals surface area contributed by atoms with Crippen molar-refractivity contribution >= 4 is 11.5 Å². The molecule has 3 nitrogen and oxygen atoms in total. The fourth-order valence-electron chi connectivity index (χ4n) is 8.74. The molecule has 0 aromatic heterocycles. The molecule has 0 N–H and O–H groups in total. The lowest BCUT2D eigenvalue weighted by Crippen LogP contribution is -2.52. The van der Waals surface area contributed by atoms with Crippen LogP contribution in [0.3, 0.4) is 0 Å². The highest BCUT2D eigenvalue weighted by Crippen LogP contribution is 2.70. The van der Waals surface area contributed by atoms with Crippen LogP contribution in [-0.2, 0) is 9.53 Å².